The van der Waals surface area contributed by atoms with Gasteiger partial charge in [-0.25, -0.2) is 9.97 Å². The number of nitrogens with zero attached hydrogens (tertiary/aromatic N) is 4. The average Bonchev–Trinajstić information content (AvgIpc) is 3.26. The molecular weight excluding hydrogens is 400 g/mol. The van der Waals surface area contributed by atoms with E-state index in [9.17, 15) is 4.79 Å². The number of ether oxygens (including phenoxy) is 1. The highest BCUT2D eigenvalue weighted by molar-refractivity contribution is 6.30. The molecule has 7 heteroatoms. The molecule has 0 aliphatic carbocycles. The van der Waals surface area contributed by atoms with Crippen LogP contribution in [0.1, 0.15) is 43.7 Å². The Bertz CT molecular complexity index is 891. The van der Waals surface area contributed by atoms with Crippen LogP contribution >= 0.6 is 11.6 Å². The summed E-state index contributed by atoms with van der Waals surface area (Å²) in [6, 6.07) is 7.83. The van der Waals surface area contributed by atoms with E-state index in [2.05, 4.69) is 4.98 Å². The van der Waals surface area contributed by atoms with Crippen molar-refractivity contribution in [3.05, 3.63) is 41.2 Å². The zero-order valence-corrected chi connectivity index (χ0v) is 18.4. The first kappa shape index (κ1) is 21.1. The molecule has 0 unspecified atom stereocenters. The van der Waals surface area contributed by atoms with Crippen molar-refractivity contribution in [2.24, 2.45) is 0 Å². The van der Waals surface area contributed by atoms with E-state index in [1.807, 2.05) is 54.4 Å². The summed E-state index contributed by atoms with van der Waals surface area (Å²) in [5.41, 5.74) is 3.09. The van der Waals surface area contributed by atoms with Crippen molar-refractivity contribution in [2.45, 2.75) is 44.1 Å². The van der Waals surface area contributed by atoms with E-state index >= 15 is 0 Å². The van der Waals surface area contributed by atoms with Crippen molar-refractivity contribution >= 4 is 23.5 Å². The highest BCUT2D eigenvalue weighted by Gasteiger charge is 2.29. The molecule has 160 valence electrons. The van der Waals surface area contributed by atoms with Crippen LogP contribution in [0, 0.1) is 0 Å². The van der Waals surface area contributed by atoms with Gasteiger partial charge < -0.3 is 14.5 Å². The van der Waals surface area contributed by atoms with Gasteiger partial charge in [0.2, 0.25) is 11.9 Å². The van der Waals surface area contributed by atoms with Gasteiger partial charge in [0.25, 0.3) is 0 Å². The fraction of sp³-hybridized carbons (Fsp3) is 0.522. The number of amides is 1. The van der Waals surface area contributed by atoms with Gasteiger partial charge in [-0.3, -0.25) is 4.79 Å². The molecule has 1 aromatic carbocycles. The van der Waals surface area contributed by atoms with E-state index in [1.165, 1.54) is 0 Å². The van der Waals surface area contributed by atoms with Crippen molar-refractivity contribution in [3.8, 4) is 11.1 Å². The summed E-state index contributed by atoms with van der Waals surface area (Å²) in [5, 5.41) is 0.699. The van der Waals surface area contributed by atoms with E-state index in [-0.39, 0.29) is 17.9 Å². The van der Waals surface area contributed by atoms with Gasteiger partial charge in [0.15, 0.2) is 0 Å². The predicted octanol–water partition coefficient (Wildman–Crippen LogP) is 4.14. The Balaban J connectivity index is 1.51. The van der Waals surface area contributed by atoms with Crippen molar-refractivity contribution < 1.29 is 9.53 Å². The largest absolute Gasteiger partial charge is 0.378 e. The van der Waals surface area contributed by atoms with Crippen molar-refractivity contribution in [3.63, 3.8) is 0 Å². The molecule has 2 aromatic rings. The SMILES string of the molecule is CN(C)c1ncc(-c2cccc(Cl)c2)c(C2CCN(C(=O)C[C@H]3CCCO3)CC2)n1. The van der Waals surface area contributed by atoms with Gasteiger partial charge >= 0.3 is 0 Å². The Hall–Kier alpha value is -2.18. The molecule has 2 aliphatic rings. The van der Waals surface area contributed by atoms with Gasteiger partial charge in [-0.2, -0.15) is 0 Å². The van der Waals surface area contributed by atoms with Crippen LogP contribution in [-0.4, -0.2) is 60.7 Å². The standard InChI is InChI=1S/C23H29ClN4O2/c1-27(2)23-25-15-20(17-5-3-6-18(24)13-17)22(26-23)16-8-10-28(11-9-16)21(29)14-19-7-4-12-30-19/h3,5-6,13,15-16,19H,4,7-12,14H2,1-2H3/t19-/m1/s1. The molecule has 2 aliphatic heterocycles. The molecule has 2 fully saturated rings. The van der Waals surface area contributed by atoms with E-state index in [1.54, 1.807) is 0 Å². The quantitative estimate of drug-likeness (QED) is 0.716. The van der Waals surface area contributed by atoms with Gasteiger partial charge in [-0.05, 0) is 43.4 Å². The van der Waals surface area contributed by atoms with E-state index < -0.39 is 0 Å². The highest BCUT2D eigenvalue weighted by Crippen LogP contribution is 2.35. The van der Waals surface area contributed by atoms with Crippen LogP contribution in [0.25, 0.3) is 11.1 Å². The monoisotopic (exact) mass is 428 g/mol. The molecule has 0 saturated carbocycles. The summed E-state index contributed by atoms with van der Waals surface area (Å²) in [4.78, 5) is 26.0. The minimum atomic E-state index is 0.106. The van der Waals surface area contributed by atoms with Crippen LogP contribution in [0.3, 0.4) is 0 Å². The molecule has 0 bridgehead atoms. The number of hydrogen-bond acceptors (Lipinski definition) is 5. The second kappa shape index (κ2) is 9.31. The summed E-state index contributed by atoms with van der Waals surface area (Å²) < 4.78 is 5.63. The molecule has 0 radical (unpaired) electrons. The van der Waals surface area contributed by atoms with Gasteiger partial charge in [0, 0.05) is 56.5 Å². The van der Waals surface area contributed by atoms with Crippen LogP contribution in [0.5, 0.6) is 0 Å². The fourth-order valence-electron chi connectivity index (χ4n) is 4.32. The topological polar surface area (TPSA) is 58.6 Å². The van der Waals surface area contributed by atoms with Gasteiger partial charge in [0.1, 0.15) is 0 Å². The predicted molar refractivity (Wildman–Crippen MR) is 119 cm³/mol. The lowest BCUT2D eigenvalue weighted by Crippen LogP contribution is -2.39. The zero-order valence-electron chi connectivity index (χ0n) is 17.7. The lowest BCUT2D eigenvalue weighted by atomic mass is 9.88. The molecule has 1 aromatic heterocycles. The molecule has 4 rings (SSSR count). The third kappa shape index (κ3) is 4.76. The zero-order chi connectivity index (χ0) is 21.1. The molecule has 3 heterocycles. The number of likely N-dealkylation sites (tertiary alicyclic amines) is 1. The molecule has 6 nitrogen and oxygen atoms in total. The van der Waals surface area contributed by atoms with Crippen LogP contribution in [0.15, 0.2) is 30.5 Å². The smallest absolute Gasteiger partial charge is 0.225 e. The van der Waals surface area contributed by atoms with Gasteiger partial charge in [-0.1, -0.05) is 23.7 Å². The van der Waals surface area contributed by atoms with E-state index in [4.69, 9.17) is 21.3 Å². The normalized spacial score (nSPS) is 19.8. The maximum atomic E-state index is 12.7. The van der Waals surface area contributed by atoms with Crippen LogP contribution in [0.2, 0.25) is 5.02 Å². The summed E-state index contributed by atoms with van der Waals surface area (Å²) in [5.74, 6) is 1.20. The van der Waals surface area contributed by atoms with Crippen molar-refractivity contribution in [1.82, 2.24) is 14.9 Å². The summed E-state index contributed by atoms with van der Waals surface area (Å²) in [6.45, 7) is 2.30. The number of carbonyl (C=O) groups excluding carboxylic acids is 1. The summed E-state index contributed by atoms with van der Waals surface area (Å²) in [7, 11) is 3.90. The molecule has 2 saturated heterocycles. The number of rotatable bonds is 5. The van der Waals surface area contributed by atoms with Crippen LogP contribution < -0.4 is 4.90 Å². The van der Waals surface area contributed by atoms with Gasteiger partial charge in [-0.15, -0.1) is 0 Å². The number of halogens is 1. The van der Waals surface area contributed by atoms with Crippen molar-refractivity contribution in [2.75, 3.05) is 38.7 Å². The van der Waals surface area contributed by atoms with E-state index in [0.29, 0.717) is 17.4 Å². The summed E-state index contributed by atoms with van der Waals surface area (Å²) in [6.07, 6.45) is 6.38. The summed E-state index contributed by atoms with van der Waals surface area (Å²) >= 11 is 6.23. The van der Waals surface area contributed by atoms with Gasteiger partial charge in [0.05, 0.1) is 18.2 Å². The Morgan fingerprint density at radius 2 is 2.07 bits per heavy atom. The molecule has 30 heavy (non-hydrogen) atoms. The third-order valence-corrected chi connectivity index (χ3v) is 6.24. The Labute approximate surface area is 183 Å². The molecule has 0 spiro atoms. The number of benzene rings is 1. The Morgan fingerprint density at radius 3 is 2.73 bits per heavy atom. The molecule has 1 atom stereocenters. The average molecular weight is 429 g/mol. The highest BCUT2D eigenvalue weighted by atomic mass is 35.5. The fourth-order valence-corrected chi connectivity index (χ4v) is 4.51. The maximum absolute atomic E-state index is 12.7. The first-order valence-electron chi connectivity index (χ1n) is 10.7. The molecule has 1 amide bonds. The second-order valence-corrected chi connectivity index (χ2v) is 8.80. The minimum Gasteiger partial charge on any atom is -0.378 e. The molecular formula is C23H29ClN4O2. The number of aromatic nitrogens is 2. The Morgan fingerprint density at radius 1 is 1.27 bits per heavy atom. The van der Waals surface area contributed by atoms with Crippen molar-refractivity contribution in [1.29, 1.82) is 0 Å². The van der Waals surface area contributed by atoms with Crippen LogP contribution in [0.4, 0.5) is 5.95 Å². The number of piperidine rings is 1. The number of anilines is 1. The first-order valence-corrected chi connectivity index (χ1v) is 11.1. The second-order valence-electron chi connectivity index (χ2n) is 8.37. The third-order valence-electron chi connectivity index (χ3n) is 6.00. The Kier molecular flexibility index (Phi) is 6.54. The first-order chi connectivity index (χ1) is 14.5. The van der Waals surface area contributed by atoms with Crippen LogP contribution in [-0.2, 0) is 9.53 Å². The maximum Gasteiger partial charge on any atom is 0.225 e. The number of hydrogen-bond donors (Lipinski definition) is 0. The lowest BCUT2D eigenvalue weighted by molar-refractivity contribution is -0.134. The van der Waals surface area contributed by atoms with E-state index in [0.717, 1.165) is 62.2 Å². The molecule has 0 N–H and O–H groups in total. The number of carbonyl (C=O) groups is 1. The minimum absolute atomic E-state index is 0.106. The lowest BCUT2D eigenvalue weighted by Gasteiger charge is -2.33.